The highest BCUT2D eigenvalue weighted by atomic mass is 79.9. The van der Waals surface area contributed by atoms with Crippen molar-refractivity contribution in [3.05, 3.63) is 22.3 Å². The summed E-state index contributed by atoms with van der Waals surface area (Å²) in [7, 11) is 0. The van der Waals surface area contributed by atoms with Gasteiger partial charge in [-0.15, -0.1) is 0 Å². The Kier molecular flexibility index (Phi) is 3.50. The molecule has 0 saturated carbocycles. The largest absolute Gasteiger partial charge is 0.394 e. The number of hydrogen-bond acceptors (Lipinski definition) is 3. The second-order valence-corrected chi connectivity index (χ2v) is 4.90. The van der Waals surface area contributed by atoms with Gasteiger partial charge in [0, 0.05) is 10.7 Å². The van der Waals surface area contributed by atoms with Crippen LogP contribution in [0.2, 0.25) is 0 Å². The van der Waals surface area contributed by atoms with E-state index in [1.807, 2.05) is 26.8 Å². The normalized spacial score (nSPS) is 11.5. The van der Waals surface area contributed by atoms with Gasteiger partial charge in [-0.3, -0.25) is 0 Å². The standard InChI is InChI=1S/C10H15BrN2O/c1-7-4-8(11)5-12-9(7)13-10(2,3)6-14/h4-5,14H,6H2,1-3H3,(H,12,13). The van der Waals surface area contributed by atoms with Gasteiger partial charge in [-0.05, 0) is 48.3 Å². The summed E-state index contributed by atoms with van der Waals surface area (Å²) < 4.78 is 0.961. The van der Waals surface area contributed by atoms with Crippen molar-refractivity contribution in [3.63, 3.8) is 0 Å². The van der Waals surface area contributed by atoms with E-state index in [0.29, 0.717) is 0 Å². The van der Waals surface area contributed by atoms with Gasteiger partial charge in [0.05, 0.1) is 12.1 Å². The molecule has 3 nitrogen and oxygen atoms in total. The van der Waals surface area contributed by atoms with Gasteiger partial charge in [0.25, 0.3) is 0 Å². The smallest absolute Gasteiger partial charge is 0.129 e. The minimum absolute atomic E-state index is 0.0736. The number of aliphatic hydroxyl groups excluding tert-OH is 1. The highest BCUT2D eigenvalue weighted by Gasteiger charge is 2.17. The quantitative estimate of drug-likeness (QED) is 0.875. The highest BCUT2D eigenvalue weighted by Crippen LogP contribution is 2.19. The Morgan fingerprint density at radius 2 is 2.21 bits per heavy atom. The first-order valence-electron chi connectivity index (χ1n) is 4.46. The maximum absolute atomic E-state index is 9.10. The molecule has 0 aromatic carbocycles. The van der Waals surface area contributed by atoms with Crippen molar-refractivity contribution in [2.24, 2.45) is 0 Å². The minimum atomic E-state index is -0.342. The van der Waals surface area contributed by atoms with Crippen molar-refractivity contribution in [1.29, 1.82) is 0 Å². The third-order valence-corrected chi connectivity index (χ3v) is 2.33. The topological polar surface area (TPSA) is 45.2 Å². The first-order valence-corrected chi connectivity index (χ1v) is 5.25. The van der Waals surface area contributed by atoms with E-state index >= 15 is 0 Å². The zero-order valence-electron chi connectivity index (χ0n) is 8.63. The molecule has 1 heterocycles. The van der Waals surface area contributed by atoms with Crippen LogP contribution in [0.15, 0.2) is 16.7 Å². The van der Waals surface area contributed by atoms with Crippen LogP contribution < -0.4 is 5.32 Å². The third-order valence-electron chi connectivity index (χ3n) is 1.90. The minimum Gasteiger partial charge on any atom is -0.394 e. The molecular weight excluding hydrogens is 244 g/mol. The van der Waals surface area contributed by atoms with Crippen molar-refractivity contribution >= 4 is 21.7 Å². The van der Waals surface area contributed by atoms with Crippen LogP contribution in [0.5, 0.6) is 0 Å². The second-order valence-electron chi connectivity index (χ2n) is 3.99. The zero-order valence-corrected chi connectivity index (χ0v) is 10.2. The molecular formula is C10H15BrN2O. The summed E-state index contributed by atoms with van der Waals surface area (Å²) in [5.41, 5.74) is 0.715. The number of hydrogen-bond donors (Lipinski definition) is 2. The monoisotopic (exact) mass is 258 g/mol. The molecule has 14 heavy (non-hydrogen) atoms. The molecule has 0 bridgehead atoms. The number of anilines is 1. The van der Waals surface area contributed by atoms with Crippen LogP contribution >= 0.6 is 15.9 Å². The van der Waals surface area contributed by atoms with Crippen molar-refractivity contribution in [1.82, 2.24) is 4.98 Å². The van der Waals surface area contributed by atoms with E-state index in [2.05, 4.69) is 26.2 Å². The molecule has 0 saturated heterocycles. The molecule has 0 atom stereocenters. The molecule has 0 unspecified atom stereocenters. The fourth-order valence-electron chi connectivity index (χ4n) is 1.03. The Hall–Kier alpha value is -0.610. The number of halogens is 1. The van der Waals surface area contributed by atoms with Gasteiger partial charge >= 0.3 is 0 Å². The Morgan fingerprint density at radius 1 is 1.57 bits per heavy atom. The molecule has 2 N–H and O–H groups in total. The van der Waals surface area contributed by atoms with Crippen LogP contribution in [0.3, 0.4) is 0 Å². The van der Waals surface area contributed by atoms with E-state index in [9.17, 15) is 0 Å². The maximum Gasteiger partial charge on any atom is 0.129 e. The van der Waals surface area contributed by atoms with Crippen molar-refractivity contribution in [2.75, 3.05) is 11.9 Å². The predicted molar refractivity (Wildman–Crippen MR) is 61.5 cm³/mol. The van der Waals surface area contributed by atoms with Gasteiger partial charge in [-0.1, -0.05) is 0 Å². The number of aryl methyl sites for hydroxylation is 1. The van der Waals surface area contributed by atoms with Gasteiger partial charge in [0.15, 0.2) is 0 Å². The first kappa shape index (κ1) is 11.5. The number of aliphatic hydroxyl groups is 1. The molecule has 0 radical (unpaired) electrons. The highest BCUT2D eigenvalue weighted by molar-refractivity contribution is 9.10. The average molecular weight is 259 g/mol. The summed E-state index contributed by atoms with van der Waals surface area (Å²) in [6.07, 6.45) is 1.74. The summed E-state index contributed by atoms with van der Waals surface area (Å²) in [6, 6.07) is 1.99. The maximum atomic E-state index is 9.10. The number of nitrogens with zero attached hydrogens (tertiary/aromatic N) is 1. The Morgan fingerprint density at radius 3 is 2.71 bits per heavy atom. The van der Waals surface area contributed by atoms with Crippen LogP contribution in [-0.4, -0.2) is 22.2 Å². The third kappa shape index (κ3) is 2.96. The molecule has 4 heteroatoms. The summed E-state index contributed by atoms with van der Waals surface area (Å²) in [6.45, 7) is 5.91. The molecule has 78 valence electrons. The molecule has 0 aliphatic carbocycles. The van der Waals surface area contributed by atoms with Crippen LogP contribution in [0.4, 0.5) is 5.82 Å². The zero-order chi connectivity index (χ0) is 10.8. The van der Waals surface area contributed by atoms with Crippen LogP contribution in [0.1, 0.15) is 19.4 Å². The SMILES string of the molecule is Cc1cc(Br)cnc1NC(C)(C)CO. The van der Waals surface area contributed by atoms with Crippen molar-refractivity contribution in [3.8, 4) is 0 Å². The van der Waals surface area contributed by atoms with Crippen LogP contribution in [0, 0.1) is 6.92 Å². The predicted octanol–water partition coefficient (Wildman–Crippen LogP) is 2.34. The second kappa shape index (κ2) is 4.28. The Bertz CT molecular complexity index is 326. The van der Waals surface area contributed by atoms with E-state index in [-0.39, 0.29) is 12.1 Å². The summed E-state index contributed by atoms with van der Waals surface area (Å²) >= 11 is 3.35. The van der Waals surface area contributed by atoms with Crippen molar-refractivity contribution < 1.29 is 5.11 Å². The molecule has 1 aromatic rings. The van der Waals surface area contributed by atoms with Gasteiger partial charge < -0.3 is 10.4 Å². The molecule has 0 fully saturated rings. The van der Waals surface area contributed by atoms with E-state index < -0.39 is 0 Å². The lowest BCUT2D eigenvalue weighted by Gasteiger charge is -2.25. The first-order chi connectivity index (χ1) is 6.44. The lowest BCUT2D eigenvalue weighted by molar-refractivity contribution is 0.234. The Balaban J connectivity index is 2.87. The number of nitrogens with one attached hydrogen (secondary N) is 1. The molecule has 0 aliphatic rings. The van der Waals surface area contributed by atoms with Gasteiger partial charge in [0.1, 0.15) is 5.82 Å². The fourth-order valence-corrected chi connectivity index (χ4v) is 1.48. The van der Waals surface area contributed by atoms with Crippen LogP contribution in [-0.2, 0) is 0 Å². The Labute approximate surface area is 92.7 Å². The lowest BCUT2D eigenvalue weighted by Crippen LogP contribution is -2.35. The molecule has 0 spiro atoms. The van der Waals surface area contributed by atoms with E-state index in [1.165, 1.54) is 0 Å². The summed E-state index contributed by atoms with van der Waals surface area (Å²) in [5.74, 6) is 0.812. The van der Waals surface area contributed by atoms with Crippen LogP contribution in [0.25, 0.3) is 0 Å². The lowest BCUT2D eigenvalue weighted by atomic mass is 10.1. The van der Waals surface area contributed by atoms with Gasteiger partial charge in [-0.25, -0.2) is 4.98 Å². The molecule has 1 aromatic heterocycles. The average Bonchev–Trinajstić information content (AvgIpc) is 2.10. The van der Waals surface area contributed by atoms with Gasteiger partial charge in [0.2, 0.25) is 0 Å². The van der Waals surface area contributed by atoms with E-state index in [4.69, 9.17) is 5.11 Å². The molecule has 0 aliphatic heterocycles. The van der Waals surface area contributed by atoms with Gasteiger partial charge in [-0.2, -0.15) is 0 Å². The van der Waals surface area contributed by atoms with E-state index in [0.717, 1.165) is 15.9 Å². The van der Waals surface area contributed by atoms with E-state index in [1.54, 1.807) is 6.20 Å². The molecule has 0 amide bonds. The number of pyridine rings is 1. The summed E-state index contributed by atoms with van der Waals surface area (Å²) in [5, 5.41) is 12.3. The van der Waals surface area contributed by atoms with Crippen molar-refractivity contribution in [2.45, 2.75) is 26.3 Å². The number of aromatic nitrogens is 1. The molecule has 1 rings (SSSR count). The number of rotatable bonds is 3. The summed E-state index contributed by atoms with van der Waals surface area (Å²) in [4.78, 5) is 4.24. The fraction of sp³-hybridized carbons (Fsp3) is 0.500.